The minimum absolute atomic E-state index is 0.0963. The van der Waals surface area contributed by atoms with Crippen molar-refractivity contribution in [3.8, 4) is 0 Å². The summed E-state index contributed by atoms with van der Waals surface area (Å²) in [4.78, 5) is 11.4. The average molecular weight is 222 g/mol. The van der Waals surface area contributed by atoms with Crippen molar-refractivity contribution in [1.29, 1.82) is 0 Å². The van der Waals surface area contributed by atoms with Gasteiger partial charge in [-0.3, -0.25) is 4.79 Å². The maximum atomic E-state index is 11.4. The van der Waals surface area contributed by atoms with E-state index in [-0.39, 0.29) is 11.9 Å². The van der Waals surface area contributed by atoms with Crippen molar-refractivity contribution < 1.29 is 9.53 Å². The van der Waals surface area contributed by atoms with Crippen LogP contribution >= 0.6 is 11.6 Å². The zero-order valence-electron chi connectivity index (χ0n) is 9.01. The van der Waals surface area contributed by atoms with Gasteiger partial charge in [-0.1, -0.05) is 6.92 Å². The van der Waals surface area contributed by atoms with Crippen LogP contribution in [0.15, 0.2) is 0 Å². The Balaban J connectivity index is 3.56. The molecule has 0 spiro atoms. The van der Waals surface area contributed by atoms with Crippen LogP contribution in [0.1, 0.15) is 32.6 Å². The summed E-state index contributed by atoms with van der Waals surface area (Å²) in [5.74, 6) is 0.724. The highest BCUT2D eigenvalue weighted by Gasteiger charge is 2.08. The molecule has 0 aliphatic rings. The molecule has 1 amide bonds. The van der Waals surface area contributed by atoms with Gasteiger partial charge in [0.15, 0.2) is 0 Å². The van der Waals surface area contributed by atoms with Crippen LogP contribution in [-0.2, 0) is 9.53 Å². The molecule has 0 aromatic carbocycles. The van der Waals surface area contributed by atoms with Crippen molar-refractivity contribution in [2.45, 2.75) is 38.6 Å². The lowest BCUT2D eigenvalue weighted by Crippen LogP contribution is -2.37. The number of rotatable bonds is 8. The number of halogens is 1. The van der Waals surface area contributed by atoms with Crippen molar-refractivity contribution in [1.82, 2.24) is 5.32 Å². The van der Waals surface area contributed by atoms with Gasteiger partial charge in [0.25, 0.3) is 0 Å². The van der Waals surface area contributed by atoms with Gasteiger partial charge in [-0.15, -0.1) is 11.6 Å². The van der Waals surface area contributed by atoms with E-state index in [4.69, 9.17) is 16.3 Å². The maximum absolute atomic E-state index is 11.4. The predicted octanol–water partition coefficient (Wildman–Crippen LogP) is 1.94. The normalized spacial score (nSPS) is 12.5. The van der Waals surface area contributed by atoms with E-state index in [1.165, 1.54) is 0 Å². The molecule has 0 aromatic rings. The zero-order chi connectivity index (χ0) is 10.8. The van der Waals surface area contributed by atoms with Crippen LogP contribution in [0.3, 0.4) is 0 Å². The number of carbonyl (C=O) groups is 1. The molecule has 4 heteroatoms. The molecular formula is C10H20ClNO2. The van der Waals surface area contributed by atoms with Crippen molar-refractivity contribution in [3.63, 3.8) is 0 Å². The third kappa shape index (κ3) is 7.15. The van der Waals surface area contributed by atoms with Gasteiger partial charge in [0.1, 0.15) is 0 Å². The van der Waals surface area contributed by atoms with E-state index in [9.17, 15) is 4.79 Å². The molecule has 0 aliphatic carbocycles. The van der Waals surface area contributed by atoms with E-state index < -0.39 is 0 Å². The first kappa shape index (κ1) is 13.7. The van der Waals surface area contributed by atoms with E-state index in [0.717, 1.165) is 19.3 Å². The first-order valence-electron chi connectivity index (χ1n) is 5.08. The molecule has 0 aliphatic heterocycles. The van der Waals surface area contributed by atoms with Crippen molar-refractivity contribution in [3.05, 3.63) is 0 Å². The summed E-state index contributed by atoms with van der Waals surface area (Å²) in [6, 6.07) is 0.142. The van der Waals surface area contributed by atoms with Gasteiger partial charge < -0.3 is 10.1 Å². The molecule has 3 nitrogen and oxygen atoms in total. The minimum atomic E-state index is 0.0963. The van der Waals surface area contributed by atoms with Gasteiger partial charge in [0.2, 0.25) is 5.91 Å². The average Bonchev–Trinajstić information content (AvgIpc) is 2.17. The van der Waals surface area contributed by atoms with Gasteiger partial charge in [0, 0.05) is 19.4 Å². The lowest BCUT2D eigenvalue weighted by Gasteiger charge is -2.15. The smallest absolute Gasteiger partial charge is 0.220 e. The summed E-state index contributed by atoms with van der Waals surface area (Å²) in [7, 11) is 1.64. The van der Waals surface area contributed by atoms with Crippen LogP contribution in [0, 0.1) is 0 Å². The third-order valence-electron chi connectivity index (χ3n) is 2.01. The lowest BCUT2D eigenvalue weighted by molar-refractivity contribution is -0.122. The second kappa shape index (κ2) is 9.28. The maximum Gasteiger partial charge on any atom is 0.220 e. The molecule has 14 heavy (non-hydrogen) atoms. The highest BCUT2D eigenvalue weighted by molar-refractivity contribution is 6.17. The Morgan fingerprint density at radius 2 is 2.21 bits per heavy atom. The molecule has 1 N–H and O–H groups in total. The van der Waals surface area contributed by atoms with Gasteiger partial charge >= 0.3 is 0 Å². The first-order chi connectivity index (χ1) is 6.74. The summed E-state index contributed by atoms with van der Waals surface area (Å²) in [6.45, 7) is 2.61. The molecule has 1 unspecified atom stereocenters. The number of methoxy groups -OCH3 is 1. The molecule has 0 saturated carbocycles. The molecule has 0 rings (SSSR count). The van der Waals surface area contributed by atoms with Crippen LogP contribution in [0.2, 0.25) is 0 Å². The van der Waals surface area contributed by atoms with E-state index >= 15 is 0 Å². The summed E-state index contributed by atoms with van der Waals surface area (Å²) < 4.78 is 4.99. The Labute approximate surface area is 91.2 Å². The summed E-state index contributed by atoms with van der Waals surface area (Å²) in [5, 5.41) is 2.92. The number of unbranched alkanes of at least 4 members (excludes halogenated alkanes) is 1. The number of carbonyl (C=O) groups excluding carboxylic acids is 1. The van der Waals surface area contributed by atoms with Crippen LogP contribution < -0.4 is 5.32 Å². The summed E-state index contributed by atoms with van der Waals surface area (Å²) in [5.41, 5.74) is 0. The van der Waals surface area contributed by atoms with Crippen LogP contribution in [0.5, 0.6) is 0 Å². The van der Waals surface area contributed by atoms with Crippen LogP contribution in [-0.4, -0.2) is 31.5 Å². The fourth-order valence-corrected chi connectivity index (χ4v) is 1.33. The minimum Gasteiger partial charge on any atom is -0.383 e. The monoisotopic (exact) mass is 221 g/mol. The Hall–Kier alpha value is -0.280. The number of hydrogen-bond donors (Lipinski definition) is 1. The van der Waals surface area contributed by atoms with E-state index in [2.05, 4.69) is 5.32 Å². The highest BCUT2D eigenvalue weighted by atomic mass is 35.5. The van der Waals surface area contributed by atoms with Crippen LogP contribution in [0.4, 0.5) is 0 Å². The van der Waals surface area contributed by atoms with Crippen LogP contribution in [0.25, 0.3) is 0 Å². The molecular weight excluding hydrogens is 202 g/mol. The molecule has 0 aromatic heterocycles. The van der Waals surface area contributed by atoms with Gasteiger partial charge in [-0.2, -0.15) is 0 Å². The quantitative estimate of drug-likeness (QED) is 0.503. The van der Waals surface area contributed by atoms with Gasteiger partial charge in [0.05, 0.1) is 12.6 Å². The molecule has 84 valence electrons. The predicted molar refractivity (Wildman–Crippen MR) is 58.7 cm³/mol. The number of hydrogen-bond acceptors (Lipinski definition) is 2. The molecule has 0 bridgehead atoms. The molecule has 1 atom stereocenters. The Kier molecular flexibility index (Phi) is 9.10. The lowest BCUT2D eigenvalue weighted by atomic mass is 10.2. The van der Waals surface area contributed by atoms with Crippen molar-refractivity contribution >= 4 is 17.5 Å². The topological polar surface area (TPSA) is 38.3 Å². The molecule has 0 heterocycles. The van der Waals surface area contributed by atoms with E-state index in [0.29, 0.717) is 18.9 Å². The van der Waals surface area contributed by atoms with Crippen molar-refractivity contribution in [2.75, 3.05) is 19.6 Å². The fourth-order valence-electron chi connectivity index (χ4n) is 1.14. The van der Waals surface area contributed by atoms with Gasteiger partial charge in [-0.25, -0.2) is 0 Å². The second-order valence-corrected chi connectivity index (χ2v) is 3.65. The summed E-state index contributed by atoms with van der Waals surface area (Å²) in [6.07, 6.45) is 3.22. The largest absolute Gasteiger partial charge is 0.383 e. The van der Waals surface area contributed by atoms with Crippen molar-refractivity contribution in [2.24, 2.45) is 0 Å². The van der Waals surface area contributed by atoms with E-state index in [1.807, 2.05) is 6.92 Å². The summed E-state index contributed by atoms with van der Waals surface area (Å²) >= 11 is 5.52. The zero-order valence-corrected chi connectivity index (χ0v) is 9.77. The number of alkyl halides is 1. The number of ether oxygens (including phenoxy) is 1. The molecule has 0 saturated heterocycles. The SMILES string of the molecule is CCC(COC)NC(=O)CCCCCl. The number of amides is 1. The number of nitrogens with one attached hydrogen (secondary N) is 1. The first-order valence-corrected chi connectivity index (χ1v) is 5.62. The second-order valence-electron chi connectivity index (χ2n) is 3.27. The standard InChI is InChI=1S/C10H20ClNO2/c1-3-9(8-14-2)12-10(13)6-4-5-7-11/h9H,3-8H2,1-2H3,(H,12,13). The fraction of sp³-hybridized carbons (Fsp3) is 0.900. The molecule has 0 radical (unpaired) electrons. The van der Waals surface area contributed by atoms with E-state index in [1.54, 1.807) is 7.11 Å². The Bertz CT molecular complexity index is 153. The third-order valence-corrected chi connectivity index (χ3v) is 2.28. The highest BCUT2D eigenvalue weighted by Crippen LogP contribution is 1.99. The molecule has 0 fully saturated rings. The Morgan fingerprint density at radius 3 is 2.71 bits per heavy atom. The van der Waals surface area contributed by atoms with Gasteiger partial charge in [-0.05, 0) is 19.3 Å². The Morgan fingerprint density at radius 1 is 1.50 bits per heavy atom.